The fourth-order valence-corrected chi connectivity index (χ4v) is 3.41. The molecule has 2 N–H and O–H groups in total. The van der Waals surface area contributed by atoms with E-state index in [1.165, 1.54) is 18.7 Å². The average molecular weight is 396 g/mol. The summed E-state index contributed by atoms with van der Waals surface area (Å²) in [5, 5.41) is 17.6. The molecule has 0 radical (unpaired) electrons. The fourth-order valence-electron chi connectivity index (χ4n) is 2.50. The van der Waals surface area contributed by atoms with Gasteiger partial charge in [-0.05, 0) is 53.2 Å². The molecule has 2 aromatic carbocycles. The van der Waals surface area contributed by atoms with Crippen molar-refractivity contribution in [1.29, 1.82) is 0 Å². The number of anilines is 2. The lowest BCUT2D eigenvalue weighted by atomic mass is 10.2. The molecule has 0 unspecified atom stereocenters. The van der Waals surface area contributed by atoms with Crippen molar-refractivity contribution in [2.24, 2.45) is 0 Å². The molecule has 1 atom stereocenters. The molecule has 1 aromatic heterocycles. The number of benzene rings is 2. The first kappa shape index (κ1) is 19.6. The summed E-state index contributed by atoms with van der Waals surface area (Å²) in [5.41, 5.74) is 2.16. The number of amides is 2. The van der Waals surface area contributed by atoms with Crippen LogP contribution in [0.25, 0.3) is 5.69 Å². The molecular weight excluding hydrogens is 376 g/mol. The van der Waals surface area contributed by atoms with Crippen molar-refractivity contribution in [3.63, 3.8) is 0 Å². The van der Waals surface area contributed by atoms with E-state index >= 15 is 0 Å². The van der Waals surface area contributed by atoms with E-state index in [2.05, 4.69) is 26.2 Å². The second-order valence-corrected chi connectivity index (χ2v) is 7.14. The second-order valence-electron chi connectivity index (χ2n) is 5.97. The minimum absolute atomic E-state index is 0.137. The number of carbonyl (C=O) groups is 2. The lowest BCUT2D eigenvalue weighted by Gasteiger charge is -2.14. The van der Waals surface area contributed by atoms with E-state index in [1.54, 1.807) is 28.9 Å². The predicted octanol–water partition coefficient (Wildman–Crippen LogP) is 3.13. The third-order valence-corrected chi connectivity index (χ3v) is 5.12. The number of hydrogen-bond acceptors (Lipinski definition) is 6. The Morgan fingerprint density at radius 1 is 1.04 bits per heavy atom. The Kier molecular flexibility index (Phi) is 6.38. The molecule has 8 nitrogen and oxygen atoms in total. The van der Waals surface area contributed by atoms with Crippen molar-refractivity contribution in [2.45, 2.75) is 30.7 Å². The molecule has 0 aliphatic carbocycles. The lowest BCUT2D eigenvalue weighted by Crippen LogP contribution is -2.25. The van der Waals surface area contributed by atoms with Crippen LogP contribution in [0.15, 0.2) is 59.8 Å². The first-order valence-electron chi connectivity index (χ1n) is 8.75. The van der Waals surface area contributed by atoms with E-state index in [-0.39, 0.29) is 17.1 Å². The maximum Gasteiger partial charge on any atom is 0.237 e. The molecule has 144 valence electrons. The number of nitrogens with one attached hydrogen (secondary N) is 2. The van der Waals surface area contributed by atoms with Gasteiger partial charge in [0, 0.05) is 18.3 Å². The molecule has 3 rings (SSSR count). The van der Waals surface area contributed by atoms with E-state index in [0.29, 0.717) is 23.0 Å². The zero-order valence-electron chi connectivity index (χ0n) is 15.5. The largest absolute Gasteiger partial charge is 0.326 e. The van der Waals surface area contributed by atoms with Crippen LogP contribution in [0.1, 0.15) is 20.3 Å². The molecule has 0 aliphatic heterocycles. The van der Waals surface area contributed by atoms with Crippen LogP contribution in [0, 0.1) is 0 Å². The number of nitrogens with zero attached hydrogens (tertiary/aromatic N) is 4. The van der Waals surface area contributed by atoms with Crippen LogP contribution in [0.3, 0.4) is 0 Å². The van der Waals surface area contributed by atoms with E-state index < -0.39 is 0 Å². The zero-order chi connectivity index (χ0) is 19.9. The number of rotatable bonds is 7. The predicted molar refractivity (Wildman–Crippen MR) is 108 cm³/mol. The Bertz CT molecular complexity index is 943. The normalized spacial score (nSPS) is 11.6. The van der Waals surface area contributed by atoms with Crippen LogP contribution in [0.5, 0.6) is 0 Å². The molecule has 0 saturated heterocycles. The standard InChI is InChI=1S/C19H20N6O2S/c1-3-17(18(27)21-15-11-9-14(10-12-15)20-13(2)26)28-19-22-23-24-25(19)16-7-5-4-6-8-16/h4-12,17H,3H2,1-2H3,(H,20,26)(H,21,27)/t17-/m1/s1. The van der Waals surface area contributed by atoms with Crippen molar-refractivity contribution in [2.75, 3.05) is 10.6 Å². The first-order chi connectivity index (χ1) is 13.6. The van der Waals surface area contributed by atoms with Crippen molar-refractivity contribution >= 4 is 35.0 Å². The van der Waals surface area contributed by atoms with Gasteiger partial charge in [0.05, 0.1) is 10.9 Å². The Morgan fingerprint density at radius 2 is 1.68 bits per heavy atom. The molecule has 2 amide bonds. The first-order valence-corrected chi connectivity index (χ1v) is 9.63. The van der Waals surface area contributed by atoms with E-state index in [0.717, 1.165) is 5.69 Å². The minimum atomic E-state index is -0.358. The quantitative estimate of drug-likeness (QED) is 0.595. The third-order valence-electron chi connectivity index (χ3n) is 3.83. The Balaban J connectivity index is 1.68. The van der Waals surface area contributed by atoms with Gasteiger partial charge in [-0.15, -0.1) is 5.10 Å². The summed E-state index contributed by atoms with van der Waals surface area (Å²) in [5.74, 6) is -0.280. The summed E-state index contributed by atoms with van der Waals surface area (Å²) in [6.07, 6.45) is 0.613. The lowest BCUT2D eigenvalue weighted by molar-refractivity contribution is -0.116. The van der Waals surface area contributed by atoms with Crippen molar-refractivity contribution in [3.8, 4) is 5.69 Å². The summed E-state index contributed by atoms with van der Waals surface area (Å²) in [6.45, 7) is 3.38. The summed E-state index contributed by atoms with van der Waals surface area (Å²) in [6, 6.07) is 16.5. The summed E-state index contributed by atoms with van der Waals surface area (Å²) in [4.78, 5) is 23.8. The summed E-state index contributed by atoms with van der Waals surface area (Å²) < 4.78 is 1.61. The monoisotopic (exact) mass is 396 g/mol. The highest BCUT2D eigenvalue weighted by Crippen LogP contribution is 2.26. The molecule has 9 heteroatoms. The van der Waals surface area contributed by atoms with Gasteiger partial charge in [0.25, 0.3) is 0 Å². The molecule has 0 fully saturated rings. The highest BCUT2D eigenvalue weighted by Gasteiger charge is 2.22. The molecule has 0 aliphatic rings. The number of carbonyl (C=O) groups excluding carboxylic acids is 2. The summed E-state index contributed by atoms with van der Waals surface area (Å²) in [7, 11) is 0. The van der Waals surface area contributed by atoms with Gasteiger partial charge in [-0.3, -0.25) is 9.59 Å². The van der Waals surface area contributed by atoms with Crippen molar-refractivity contribution < 1.29 is 9.59 Å². The van der Waals surface area contributed by atoms with Crippen molar-refractivity contribution in [1.82, 2.24) is 20.2 Å². The van der Waals surface area contributed by atoms with E-state index in [9.17, 15) is 9.59 Å². The van der Waals surface area contributed by atoms with Gasteiger partial charge in [0.2, 0.25) is 17.0 Å². The average Bonchev–Trinajstić information content (AvgIpc) is 3.16. The molecule has 1 heterocycles. The van der Waals surface area contributed by atoms with Crippen LogP contribution in [0.4, 0.5) is 11.4 Å². The highest BCUT2D eigenvalue weighted by molar-refractivity contribution is 8.00. The highest BCUT2D eigenvalue weighted by atomic mass is 32.2. The van der Waals surface area contributed by atoms with Gasteiger partial charge in [0.1, 0.15) is 0 Å². The van der Waals surface area contributed by atoms with Crippen LogP contribution in [-0.4, -0.2) is 37.3 Å². The summed E-state index contributed by atoms with van der Waals surface area (Å²) >= 11 is 1.31. The molecule has 0 spiro atoms. The van der Waals surface area contributed by atoms with Crippen LogP contribution >= 0.6 is 11.8 Å². The molecule has 28 heavy (non-hydrogen) atoms. The fraction of sp³-hybridized carbons (Fsp3) is 0.211. The van der Waals surface area contributed by atoms with Crippen molar-refractivity contribution in [3.05, 3.63) is 54.6 Å². The van der Waals surface area contributed by atoms with E-state index in [1.807, 2.05) is 37.3 Å². The van der Waals surface area contributed by atoms with Gasteiger partial charge in [-0.2, -0.15) is 4.68 Å². The SMILES string of the molecule is CC[C@@H](Sc1nnnn1-c1ccccc1)C(=O)Nc1ccc(NC(C)=O)cc1. The van der Waals surface area contributed by atoms with Crippen LogP contribution in [0.2, 0.25) is 0 Å². The van der Waals surface area contributed by atoms with Crippen LogP contribution in [-0.2, 0) is 9.59 Å². The second kappa shape index (κ2) is 9.14. The molecule has 0 saturated carbocycles. The molecular formula is C19H20N6O2S. The third kappa shape index (κ3) is 4.95. The van der Waals surface area contributed by atoms with Gasteiger partial charge in [-0.1, -0.05) is 36.9 Å². The number of aromatic nitrogens is 4. The van der Waals surface area contributed by atoms with Crippen LogP contribution < -0.4 is 10.6 Å². The van der Waals surface area contributed by atoms with Gasteiger partial charge < -0.3 is 10.6 Å². The van der Waals surface area contributed by atoms with Gasteiger partial charge >= 0.3 is 0 Å². The van der Waals surface area contributed by atoms with Gasteiger partial charge in [0.15, 0.2) is 0 Å². The number of tetrazole rings is 1. The van der Waals surface area contributed by atoms with E-state index in [4.69, 9.17) is 0 Å². The number of para-hydroxylation sites is 1. The molecule has 3 aromatic rings. The Hall–Kier alpha value is -3.20. The Morgan fingerprint density at radius 3 is 2.29 bits per heavy atom. The maximum absolute atomic E-state index is 12.7. The topological polar surface area (TPSA) is 102 Å². The Labute approximate surface area is 166 Å². The minimum Gasteiger partial charge on any atom is -0.326 e. The molecule has 0 bridgehead atoms. The number of hydrogen-bond donors (Lipinski definition) is 2. The number of thioether (sulfide) groups is 1. The smallest absolute Gasteiger partial charge is 0.237 e. The van der Waals surface area contributed by atoms with Gasteiger partial charge in [-0.25, -0.2) is 0 Å². The maximum atomic E-state index is 12.7. The zero-order valence-corrected chi connectivity index (χ0v) is 16.3.